The minimum Gasteiger partial charge on any atom is -0.374 e. The molecule has 1 aromatic carbocycles. The third-order valence-corrected chi connectivity index (χ3v) is 4.89. The average Bonchev–Trinajstić information content (AvgIpc) is 2.72. The van der Waals surface area contributed by atoms with Gasteiger partial charge in [-0.25, -0.2) is 0 Å². The number of hydrogen-bond donors (Lipinski definition) is 1. The van der Waals surface area contributed by atoms with Crippen molar-refractivity contribution in [3.8, 4) is 0 Å². The van der Waals surface area contributed by atoms with Gasteiger partial charge in [0.2, 0.25) is 0 Å². The second kappa shape index (κ2) is 8.86. The first kappa shape index (κ1) is 20.5. The molecule has 0 spiro atoms. The molecule has 2 heterocycles. The van der Waals surface area contributed by atoms with Crippen LogP contribution in [0.15, 0.2) is 67.1 Å². The molecule has 5 heteroatoms. The smallest absolute Gasteiger partial charge is 0.274 e. The monoisotopic (exact) mass is 388 g/mol. The van der Waals surface area contributed by atoms with Crippen molar-refractivity contribution in [1.29, 1.82) is 0 Å². The van der Waals surface area contributed by atoms with Gasteiger partial charge in [-0.05, 0) is 53.3 Å². The van der Waals surface area contributed by atoms with Crippen LogP contribution in [-0.2, 0) is 11.8 Å². The predicted octanol–water partition coefficient (Wildman–Crippen LogP) is 4.71. The van der Waals surface area contributed by atoms with E-state index in [0.717, 1.165) is 29.9 Å². The molecule has 3 rings (SSSR count). The number of carbonyl (C=O) groups excluding carboxylic acids is 1. The molecule has 0 saturated carbocycles. The van der Waals surface area contributed by atoms with E-state index in [2.05, 4.69) is 41.0 Å². The van der Waals surface area contributed by atoms with Crippen LogP contribution in [0.25, 0.3) is 0 Å². The molecule has 0 unspecified atom stereocenters. The van der Waals surface area contributed by atoms with Crippen molar-refractivity contribution in [2.75, 3.05) is 23.8 Å². The van der Waals surface area contributed by atoms with Gasteiger partial charge in [0.05, 0.1) is 0 Å². The number of hydrogen-bond acceptors (Lipinski definition) is 4. The molecule has 3 aromatic rings. The Morgan fingerprint density at radius 2 is 1.76 bits per heavy atom. The largest absolute Gasteiger partial charge is 0.374 e. The highest BCUT2D eigenvalue weighted by Crippen LogP contribution is 2.29. The fourth-order valence-electron chi connectivity index (χ4n) is 3.19. The van der Waals surface area contributed by atoms with E-state index in [0.29, 0.717) is 5.69 Å². The summed E-state index contributed by atoms with van der Waals surface area (Å²) in [5.41, 5.74) is 4.46. The van der Waals surface area contributed by atoms with E-state index < -0.39 is 0 Å². The second-order valence-electron chi connectivity index (χ2n) is 8.18. The number of para-hydroxylation sites is 1. The van der Waals surface area contributed by atoms with Crippen molar-refractivity contribution in [3.05, 3.63) is 83.9 Å². The summed E-state index contributed by atoms with van der Waals surface area (Å²) < 4.78 is 0. The Morgan fingerprint density at radius 1 is 1.03 bits per heavy atom. The summed E-state index contributed by atoms with van der Waals surface area (Å²) in [6, 6.07) is 15.7. The fourth-order valence-corrected chi connectivity index (χ4v) is 3.19. The van der Waals surface area contributed by atoms with Crippen molar-refractivity contribution in [1.82, 2.24) is 9.97 Å². The van der Waals surface area contributed by atoms with Crippen LogP contribution in [0.3, 0.4) is 0 Å². The minimum absolute atomic E-state index is 0.0632. The first-order valence-electron chi connectivity index (χ1n) is 9.81. The number of likely N-dealkylation sites (N-methyl/N-ethyl adjacent to an activating group) is 1. The Bertz CT molecular complexity index is 964. The van der Waals surface area contributed by atoms with Crippen molar-refractivity contribution in [3.63, 3.8) is 0 Å². The van der Waals surface area contributed by atoms with Crippen LogP contribution >= 0.6 is 0 Å². The van der Waals surface area contributed by atoms with Crippen LogP contribution in [0.4, 0.5) is 11.4 Å². The Hall–Kier alpha value is -3.21. The van der Waals surface area contributed by atoms with E-state index in [1.165, 1.54) is 5.56 Å². The maximum Gasteiger partial charge on any atom is 0.274 e. The molecule has 1 amide bonds. The van der Waals surface area contributed by atoms with E-state index in [1.54, 1.807) is 18.6 Å². The summed E-state index contributed by atoms with van der Waals surface area (Å²) in [5, 5.41) is 3.03. The van der Waals surface area contributed by atoms with Gasteiger partial charge in [-0.15, -0.1) is 0 Å². The van der Waals surface area contributed by atoms with Crippen LogP contribution < -0.4 is 10.2 Å². The molecule has 2 aromatic heterocycles. The molecule has 5 nitrogen and oxygen atoms in total. The first-order valence-corrected chi connectivity index (χ1v) is 9.81. The zero-order valence-electron chi connectivity index (χ0n) is 17.5. The van der Waals surface area contributed by atoms with Gasteiger partial charge in [0.25, 0.3) is 5.91 Å². The SMILES string of the molecule is CN(CCc1ccncc1)c1ccnc(C(=O)Nc2ccccc2C(C)(C)C)c1. The number of aromatic nitrogens is 2. The van der Waals surface area contributed by atoms with Crippen LogP contribution in [0.2, 0.25) is 0 Å². The van der Waals surface area contributed by atoms with Gasteiger partial charge in [-0.1, -0.05) is 39.0 Å². The van der Waals surface area contributed by atoms with Gasteiger partial charge in [-0.2, -0.15) is 0 Å². The third-order valence-electron chi connectivity index (χ3n) is 4.89. The Balaban J connectivity index is 1.71. The molecule has 1 N–H and O–H groups in total. The molecule has 150 valence electrons. The van der Waals surface area contributed by atoms with Crippen LogP contribution in [0.1, 0.15) is 42.4 Å². The molecule has 0 atom stereocenters. The molecule has 0 aliphatic rings. The number of nitrogens with one attached hydrogen (secondary N) is 1. The van der Waals surface area contributed by atoms with Crippen molar-refractivity contribution in [2.45, 2.75) is 32.6 Å². The molecular weight excluding hydrogens is 360 g/mol. The normalized spacial score (nSPS) is 11.2. The fraction of sp³-hybridized carbons (Fsp3) is 0.292. The zero-order chi connectivity index (χ0) is 20.9. The van der Waals surface area contributed by atoms with Crippen LogP contribution in [-0.4, -0.2) is 29.5 Å². The summed E-state index contributed by atoms with van der Waals surface area (Å²) in [4.78, 5) is 23.3. The van der Waals surface area contributed by atoms with E-state index in [9.17, 15) is 4.79 Å². The summed E-state index contributed by atoms with van der Waals surface area (Å²) in [6.07, 6.45) is 6.20. The minimum atomic E-state index is -0.203. The number of anilines is 2. The van der Waals surface area contributed by atoms with Gasteiger partial charge in [0, 0.05) is 43.6 Å². The lowest BCUT2D eigenvalue weighted by molar-refractivity contribution is 0.102. The molecular formula is C24H28N4O. The topological polar surface area (TPSA) is 58.1 Å². The maximum atomic E-state index is 12.8. The van der Waals surface area contributed by atoms with Crippen LogP contribution in [0.5, 0.6) is 0 Å². The highest BCUT2D eigenvalue weighted by molar-refractivity contribution is 6.03. The van der Waals surface area contributed by atoms with Crippen LogP contribution in [0, 0.1) is 0 Å². The molecule has 0 fully saturated rings. The predicted molar refractivity (Wildman–Crippen MR) is 119 cm³/mol. The Morgan fingerprint density at radius 3 is 2.48 bits per heavy atom. The van der Waals surface area contributed by atoms with Gasteiger partial charge >= 0.3 is 0 Å². The molecule has 29 heavy (non-hydrogen) atoms. The van der Waals surface area contributed by atoms with Crippen molar-refractivity contribution in [2.24, 2.45) is 0 Å². The number of pyridine rings is 2. The van der Waals surface area contributed by atoms with E-state index in [1.807, 2.05) is 55.6 Å². The Labute approximate surface area is 172 Å². The lowest BCUT2D eigenvalue weighted by atomic mass is 9.86. The van der Waals surface area contributed by atoms with Gasteiger partial charge in [0.1, 0.15) is 5.69 Å². The number of benzene rings is 1. The first-order chi connectivity index (χ1) is 13.8. The summed E-state index contributed by atoms with van der Waals surface area (Å²) in [6.45, 7) is 7.24. The number of nitrogens with zero attached hydrogens (tertiary/aromatic N) is 3. The molecule has 0 aliphatic carbocycles. The maximum absolute atomic E-state index is 12.8. The van der Waals surface area contributed by atoms with Gasteiger partial charge < -0.3 is 10.2 Å². The highest BCUT2D eigenvalue weighted by atomic mass is 16.1. The standard InChI is InChI=1S/C24H28N4O/c1-24(2,3)20-7-5-6-8-21(20)27-23(29)22-17-19(11-15-26-22)28(4)16-12-18-9-13-25-14-10-18/h5-11,13-15,17H,12,16H2,1-4H3,(H,27,29). The number of carbonyl (C=O) groups is 1. The van der Waals surface area contributed by atoms with E-state index in [4.69, 9.17) is 0 Å². The lowest BCUT2D eigenvalue weighted by Gasteiger charge is -2.23. The molecule has 0 radical (unpaired) electrons. The highest BCUT2D eigenvalue weighted by Gasteiger charge is 2.19. The third kappa shape index (κ3) is 5.41. The average molecular weight is 389 g/mol. The quantitative estimate of drug-likeness (QED) is 0.665. The number of rotatable bonds is 6. The Kier molecular flexibility index (Phi) is 6.27. The van der Waals surface area contributed by atoms with Gasteiger partial charge in [-0.3, -0.25) is 14.8 Å². The van der Waals surface area contributed by atoms with E-state index in [-0.39, 0.29) is 11.3 Å². The van der Waals surface area contributed by atoms with Gasteiger partial charge in [0.15, 0.2) is 0 Å². The second-order valence-corrected chi connectivity index (χ2v) is 8.18. The van der Waals surface area contributed by atoms with E-state index >= 15 is 0 Å². The van der Waals surface area contributed by atoms with Crippen molar-refractivity contribution < 1.29 is 4.79 Å². The molecule has 0 aliphatic heterocycles. The zero-order valence-corrected chi connectivity index (χ0v) is 17.5. The summed E-state index contributed by atoms with van der Waals surface area (Å²) in [5.74, 6) is -0.203. The summed E-state index contributed by atoms with van der Waals surface area (Å²) >= 11 is 0. The number of amides is 1. The summed E-state index contributed by atoms with van der Waals surface area (Å²) in [7, 11) is 2.02. The van der Waals surface area contributed by atoms with Crippen molar-refractivity contribution >= 4 is 17.3 Å². The molecule has 0 bridgehead atoms. The molecule has 0 saturated heterocycles. The lowest BCUT2D eigenvalue weighted by Crippen LogP contribution is -2.22.